The normalized spacial score (nSPS) is 29.4. The molecule has 6 atom stereocenters. The fraction of sp³-hybridized carbons (Fsp3) is 0.625. The van der Waals surface area contributed by atoms with Gasteiger partial charge < -0.3 is 33.5 Å². The van der Waals surface area contributed by atoms with Crippen LogP contribution in [0, 0.1) is 11.3 Å². The number of fused-ring (bicyclic) bond motifs is 2. The molecule has 2 aliphatic rings. The lowest BCUT2D eigenvalue weighted by atomic mass is 9.60. The van der Waals surface area contributed by atoms with Crippen LogP contribution < -0.4 is 0 Å². The molecule has 2 bridgehead atoms. The van der Waals surface area contributed by atoms with E-state index in [2.05, 4.69) is 0 Å². The Morgan fingerprint density at radius 1 is 0.733 bits per heavy atom. The maximum atomic E-state index is 12.6. The first-order valence-electron chi connectivity index (χ1n) is 14.6. The highest BCUT2D eigenvalue weighted by molar-refractivity contribution is 5.71. The van der Waals surface area contributed by atoms with Crippen LogP contribution in [0.1, 0.15) is 82.1 Å². The molecule has 2 aliphatic carbocycles. The van der Waals surface area contributed by atoms with Crippen molar-refractivity contribution in [1.82, 2.24) is 0 Å². The Labute approximate surface area is 262 Å². The van der Waals surface area contributed by atoms with Gasteiger partial charge in [-0.15, -0.1) is 0 Å². The van der Waals surface area contributed by atoms with Gasteiger partial charge in [-0.1, -0.05) is 13.8 Å². The molecule has 0 aromatic heterocycles. The summed E-state index contributed by atoms with van der Waals surface area (Å²) in [6.45, 7) is 13.5. The highest BCUT2D eigenvalue weighted by Crippen LogP contribution is 2.51. The van der Waals surface area contributed by atoms with Crippen molar-refractivity contribution in [1.29, 1.82) is 0 Å². The van der Waals surface area contributed by atoms with Crippen molar-refractivity contribution in [2.24, 2.45) is 11.3 Å². The molecule has 0 heterocycles. The molecule has 250 valence electrons. The summed E-state index contributed by atoms with van der Waals surface area (Å²) in [5.41, 5.74) is 0.140. The number of carbonyl (C=O) groups excluding carboxylic acids is 6. The van der Waals surface area contributed by atoms with Crippen molar-refractivity contribution in [3.63, 3.8) is 0 Å². The van der Waals surface area contributed by atoms with E-state index in [0.29, 0.717) is 11.1 Å². The third-order valence-electron chi connectivity index (χ3n) is 7.91. The Kier molecular flexibility index (Phi) is 12.7. The van der Waals surface area contributed by atoms with Crippen molar-refractivity contribution < 1.29 is 62.3 Å². The molecule has 0 spiro atoms. The summed E-state index contributed by atoms with van der Waals surface area (Å²) >= 11 is 0. The maximum Gasteiger partial charge on any atom is 0.307 e. The average molecular weight is 637 g/mol. The van der Waals surface area contributed by atoms with Gasteiger partial charge in [-0.05, 0) is 48.5 Å². The number of carbonyl (C=O) groups is 6. The van der Waals surface area contributed by atoms with Crippen molar-refractivity contribution >= 4 is 35.8 Å². The first-order valence-corrected chi connectivity index (χ1v) is 14.6. The van der Waals surface area contributed by atoms with Crippen LogP contribution in [0.4, 0.5) is 0 Å². The number of aliphatic hydroxyl groups excluding tert-OH is 1. The number of aliphatic hydroxyl groups is 1. The molecule has 13 nitrogen and oxygen atoms in total. The van der Waals surface area contributed by atoms with Crippen LogP contribution in [-0.2, 0) is 57.2 Å². The van der Waals surface area contributed by atoms with Crippen molar-refractivity contribution in [3.8, 4) is 0 Å². The molecule has 13 heteroatoms. The fourth-order valence-corrected chi connectivity index (χ4v) is 6.02. The minimum atomic E-state index is -1.43. The Bertz CT molecular complexity index is 1300. The summed E-state index contributed by atoms with van der Waals surface area (Å²) in [6, 6.07) is 0. The van der Waals surface area contributed by atoms with Crippen molar-refractivity contribution in [3.05, 3.63) is 34.1 Å². The van der Waals surface area contributed by atoms with E-state index in [0.717, 1.165) is 13.8 Å². The van der Waals surface area contributed by atoms with E-state index in [4.69, 9.17) is 28.4 Å². The van der Waals surface area contributed by atoms with Crippen LogP contribution in [0.25, 0.3) is 0 Å². The smallest absolute Gasteiger partial charge is 0.307 e. The van der Waals surface area contributed by atoms with E-state index >= 15 is 0 Å². The molecule has 0 aromatic rings. The lowest BCUT2D eigenvalue weighted by Gasteiger charge is -2.48. The van der Waals surface area contributed by atoms with Crippen LogP contribution in [-0.4, -0.2) is 78.0 Å². The van der Waals surface area contributed by atoms with Gasteiger partial charge in [-0.3, -0.25) is 28.8 Å². The summed E-state index contributed by atoms with van der Waals surface area (Å²) in [6.07, 6.45) is -4.72. The number of ether oxygens (including phenoxy) is 6. The number of esters is 6. The highest BCUT2D eigenvalue weighted by atomic mass is 16.6. The number of rotatable bonds is 7. The molecule has 0 saturated heterocycles. The molecule has 0 radical (unpaired) electrons. The standard InChI is InChI=1S/C32H44O13/c1-15-26(41-18(4)34)12-24-28(43-20(6)36)11-23(14-40-17(3)33)25(39)13-27(42-19(5)35)16(2)30(44-21(7)37)31(45-22(8)38)29(15)32(24,9)10/h11,24-28,31,39H,12-14H2,1-10H3/b23-11+,30-16+/t24-,25-,26-,27-,28-,31+/m0/s1. The SMILES string of the molecule is CC(=O)OC/C1=C\[C@H](OC(C)=O)[C@@H]2C[C@H](OC(C)=O)C(C)=C([C@@H](OC(C)=O)/C(OC(C)=O)=C(/C)[C@@H](OC(C)=O)C[C@@H]1O)C2(C)C. The van der Waals surface area contributed by atoms with E-state index in [9.17, 15) is 33.9 Å². The van der Waals surface area contributed by atoms with Gasteiger partial charge in [0.05, 0.1) is 6.10 Å². The van der Waals surface area contributed by atoms with Gasteiger partial charge >= 0.3 is 35.8 Å². The number of hydrogen-bond acceptors (Lipinski definition) is 13. The lowest BCUT2D eigenvalue weighted by molar-refractivity contribution is -0.156. The second-order valence-corrected chi connectivity index (χ2v) is 11.8. The van der Waals surface area contributed by atoms with Gasteiger partial charge in [0.25, 0.3) is 0 Å². The minimum Gasteiger partial charge on any atom is -0.461 e. The third kappa shape index (κ3) is 9.74. The first kappa shape index (κ1) is 37.2. The summed E-state index contributed by atoms with van der Waals surface area (Å²) in [4.78, 5) is 73.8. The quantitative estimate of drug-likeness (QED) is 0.245. The minimum absolute atomic E-state index is 0.139. The van der Waals surface area contributed by atoms with E-state index < -0.39 is 77.7 Å². The van der Waals surface area contributed by atoms with Crippen LogP contribution in [0.3, 0.4) is 0 Å². The van der Waals surface area contributed by atoms with Crippen LogP contribution in [0.15, 0.2) is 34.1 Å². The molecule has 45 heavy (non-hydrogen) atoms. The van der Waals surface area contributed by atoms with Gasteiger partial charge in [0.2, 0.25) is 0 Å². The molecule has 2 rings (SSSR count). The molecule has 0 amide bonds. The van der Waals surface area contributed by atoms with Crippen molar-refractivity contribution in [2.75, 3.05) is 6.61 Å². The highest BCUT2D eigenvalue weighted by Gasteiger charge is 2.51. The largest absolute Gasteiger partial charge is 0.461 e. The second-order valence-electron chi connectivity index (χ2n) is 11.8. The summed E-state index contributed by atoms with van der Waals surface area (Å²) in [5.74, 6) is -5.00. The molecular formula is C32H44O13. The lowest BCUT2D eigenvalue weighted by Crippen LogP contribution is -2.49. The predicted octanol–water partition coefficient (Wildman–Crippen LogP) is 3.17. The molecule has 0 unspecified atom stereocenters. The molecule has 0 aromatic carbocycles. The van der Waals surface area contributed by atoms with E-state index in [1.807, 2.05) is 0 Å². The molecule has 0 fully saturated rings. The summed E-state index contributed by atoms with van der Waals surface area (Å²) < 4.78 is 33.8. The maximum absolute atomic E-state index is 12.6. The van der Waals surface area contributed by atoms with Crippen LogP contribution >= 0.6 is 0 Å². The van der Waals surface area contributed by atoms with E-state index in [-0.39, 0.29) is 36.4 Å². The monoisotopic (exact) mass is 636 g/mol. The summed E-state index contributed by atoms with van der Waals surface area (Å²) in [7, 11) is 0. The first-order chi connectivity index (χ1) is 20.8. The Hall–Kier alpha value is -4.00. The average Bonchev–Trinajstić information content (AvgIpc) is 2.87. The molecule has 1 N–H and O–H groups in total. The fourth-order valence-electron chi connectivity index (χ4n) is 6.02. The molecule has 0 saturated carbocycles. The van der Waals surface area contributed by atoms with Gasteiger partial charge in [-0.25, -0.2) is 0 Å². The van der Waals surface area contributed by atoms with Gasteiger partial charge in [0.1, 0.15) is 24.9 Å². The topological polar surface area (TPSA) is 178 Å². The Morgan fingerprint density at radius 2 is 1.24 bits per heavy atom. The van der Waals surface area contributed by atoms with E-state index in [1.165, 1.54) is 40.7 Å². The molecule has 0 aliphatic heterocycles. The van der Waals surface area contributed by atoms with Crippen LogP contribution in [0.5, 0.6) is 0 Å². The Morgan fingerprint density at radius 3 is 1.71 bits per heavy atom. The zero-order valence-corrected chi connectivity index (χ0v) is 27.5. The van der Waals surface area contributed by atoms with E-state index in [1.54, 1.807) is 20.8 Å². The van der Waals surface area contributed by atoms with Gasteiger partial charge in [0.15, 0.2) is 11.9 Å². The Balaban J connectivity index is 3.15. The van der Waals surface area contributed by atoms with Gasteiger partial charge in [0, 0.05) is 59.5 Å². The van der Waals surface area contributed by atoms with Crippen LogP contribution in [0.2, 0.25) is 0 Å². The summed E-state index contributed by atoms with van der Waals surface area (Å²) in [5, 5.41) is 11.5. The predicted molar refractivity (Wildman–Crippen MR) is 157 cm³/mol. The number of hydrogen-bond donors (Lipinski definition) is 1. The zero-order chi connectivity index (χ0) is 34.4. The van der Waals surface area contributed by atoms with Crippen molar-refractivity contribution in [2.45, 2.75) is 113 Å². The zero-order valence-electron chi connectivity index (χ0n) is 27.5. The second kappa shape index (κ2) is 15.3. The third-order valence-corrected chi connectivity index (χ3v) is 7.91. The van der Waals surface area contributed by atoms with Gasteiger partial charge in [-0.2, -0.15) is 0 Å². The molecular weight excluding hydrogens is 592 g/mol.